The number of amides is 1. The number of nitrogens with two attached hydrogens (primary N) is 1. The number of hydrogen-bond acceptors (Lipinski definition) is 7. The highest BCUT2D eigenvalue weighted by Crippen LogP contribution is 2.18. The second-order valence-corrected chi connectivity index (χ2v) is 5.92. The van der Waals surface area contributed by atoms with E-state index in [1.807, 2.05) is 31.2 Å². The lowest BCUT2D eigenvalue weighted by atomic mass is 10.2. The van der Waals surface area contributed by atoms with Crippen LogP contribution in [0, 0.1) is 6.92 Å². The third-order valence-electron chi connectivity index (χ3n) is 3.55. The van der Waals surface area contributed by atoms with Crippen molar-refractivity contribution in [1.29, 1.82) is 0 Å². The molecular weight excluding hydrogens is 344 g/mol. The van der Waals surface area contributed by atoms with Gasteiger partial charge >= 0.3 is 0 Å². The van der Waals surface area contributed by atoms with Gasteiger partial charge in [0.25, 0.3) is 0 Å². The van der Waals surface area contributed by atoms with Gasteiger partial charge in [0, 0.05) is 18.3 Å². The molecule has 0 aliphatic rings. The molecule has 0 saturated carbocycles. The van der Waals surface area contributed by atoms with Gasteiger partial charge in [0.15, 0.2) is 5.82 Å². The Kier molecular flexibility index (Phi) is 5.46. The summed E-state index contributed by atoms with van der Waals surface area (Å²) in [5, 5.41) is 5.79. The molecule has 0 aliphatic carbocycles. The van der Waals surface area contributed by atoms with E-state index in [2.05, 4.69) is 25.6 Å². The van der Waals surface area contributed by atoms with Gasteiger partial charge < -0.3 is 21.1 Å². The van der Waals surface area contributed by atoms with Crippen molar-refractivity contribution in [3.8, 4) is 5.75 Å². The van der Waals surface area contributed by atoms with E-state index in [4.69, 9.17) is 10.5 Å². The van der Waals surface area contributed by atoms with Crippen molar-refractivity contribution < 1.29 is 9.53 Å². The van der Waals surface area contributed by atoms with E-state index in [1.54, 1.807) is 24.3 Å². The zero-order valence-corrected chi connectivity index (χ0v) is 15.1. The molecule has 2 aromatic carbocycles. The molecule has 27 heavy (non-hydrogen) atoms. The van der Waals surface area contributed by atoms with Gasteiger partial charge in [-0.25, -0.2) is 0 Å². The molecule has 0 atom stereocenters. The van der Waals surface area contributed by atoms with Gasteiger partial charge in [-0.15, -0.1) is 0 Å². The molecule has 4 N–H and O–H groups in total. The van der Waals surface area contributed by atoms with Gasteiger partial charge in [-0.05, 0) is 43.3 Å². The van der Waals surface area contributed by atoms with Crippen LogP contribution in [0.5, 0.6) is 5.75 Å². The molecule has 0 radical (unpaired) electrons. The highest BCUT2D eigenvalue weighted by Gasteiger charge is 2.06. The second kappa shape index (κ2) is 8.13. The molecule has 8 nitrogen and oxygen atoms in total. The van der Waals surface area contributed by atoms with E-state index in [0.717, 1.165) is 11.3 Å². The summed E-state index contributed by atoms with van der Waals surface area (Å²) >= 11 is 0. The van der Waals surface area contributed by atoms with Crippen molar-refractivity contribution >= 4 is 29.2 Å². The van der Waals surface area contributed by atoms with E-state index in [9.17, 15) is 4.79 Å². The molecule has 1 amide bonds. The number of benzene rings is 2. The SMILES string of the molecule is CC(=O)Nc1ccc(OCc2nc(N)nc(Nc3ccc(C)cc3)n2)cc1. The molecule has 0 aliphatic heterocycles. The van der Waals surface area contributed by atoms with Crippen LogP contribution in [0.4, 0.5) is 23.3 Å². The van der Waals surface area contributed by atoms with Gasteiger partial charge in [-0.1, -0.05) is 17.7 Å². The molecule has 0 saturated heterocycles. The normalized spacial score (nSPS) is 10.3. The number of hydrogen-bond donors (Lipinski definition) is 3. The molecule has 3 rings (SSSR count). The number of ether oxygens (including phenoxy) is 1. The molecule has 1 aromatic heterocycles. The maximum atomic E-state index is 11.0. The van der Waals surface area contributed by atoms with Crippen molar-refractivity contribution in [2.75, 3.05) is 16.4 Å². The minimum absolute atomic E-state index is 0.110. The Balaban J connectivity index is 1.65. The lowest BCUT2D eigenvalue weighted by molar-refractivity contribution is -0.114. The van der Waals surface area contributed by atoms with Crippen LogP contribution in [-0.2, 0) is 11.4 Å². The maximum Gasteiger partial charge on any atom is 0.232 e. The van der Waals surface area contributed by atoms with Crippen molar-refractivity contribution in [3.63, 3.8) is 0 Å². The average Bonchev–Trinajstić information content (AvgIpc) is 2.62. The summed E-state index contributed by atoms with van der Waals surface area (Å²) in [7, 11) is 0. The third kappa shape index (κ3) is 5.40. The number of nitrogens with zero attached hydrogens (tertiary/aromatic N) is 3. The maximum absolute atomic E-state index is 11.0. The third-order valence-corrected chi connectivity index (χ3v) is 3.55. The fourth-order valence-corrected chi connectivity index (χ4v) is 2.31. The summed E-state index contributed by atoms with van der Waals surface area (Å²) in [6.45, 7) is 3.61. The molecule has 0 fully saturated rings. The molecule has 138 valence electrons. The number of aryl methyl sites for hydroxylation is 1. The second-order valence-electron chi connectivity index (χ2n) is 5.92. The average molecular weight is 364 g/mol. The number of aromatic nitrogens is 3. The number of nitrogen functional groups attached to an aromatic ring is 1. The summed E-state index contributed by atoms with van der Waals surface area (Å²) in [6.07, 6.45) is 0. The Morgan fingerprint density at radius 2 is 1.67 bits per heavy atom. The Morgan fingerprint density at radius 3 is 2.33 bits per heavy atom. The molecule has 0 bridgehead atoms. The van der Waals surface area contributed by atoms with Crippen molar-refractivity contribution in [2.24, 2.45) is 0 Å². The molecule has 1 heterocycles. The Morgan fingerprint density at radius 1 is 1.00 bits per heavy atom. The van der Waals surface area contributed by atoms with Crippen LogP contribution in [0.3, 0.4) is 0 Å². The van der Waals surface area contributed by atoms with Crippen LogP contribution in [-0.4, -0.2) is 20.9 Å². The van der Waals surface area contributed by atoms with E-state index in [1.165, 1.54) is 6.92 Å². The number of rotatable bonds is 6. The Hall–Kier alpha value is -3.68. The van der Waals surface area contributed by atoms with Crippen LogP contribution < -0.4 is 21.1 Å². The molecule has 0 unspecified atom stereocenters. The van der Waals surface area contributed by atoms with Gasteiger partial charge in [0.1, 0.15) is 12.4 Å². The van der Waals surface area contributed by atoms with Gasteiger partial charge in [-0.3, -0.25) is 4.79 Å². The highest BCUT2D eigenvalue weighted by molar-refractivity contribution is 5.88. The highest BCUT2D eigenvalue weighted by atomic mass is 16.5. The van der Waals surface area contributed by atoms with E-state index < -0.39 is 0 Å². The number of carbonyl (C=O) groups excluding carboxylic acids is 1. The zero-order chi connectivity index (χ0) is 19.2. The van der Waals surface area contributed by atoms with Crippen LogP contribution in [0.2, 0.25) is 0 Å². The van der Waals surface area contributed by atoms with Gasteiger partial charge in [0.2, 0.25) is 17.8 Å². The lowest BCUT2D eigenvalue weighted by Gasteiger charge is -2.09. The summed E-state index contributed by atoms with van der Waals surface area (Å²) < 4.78 is 5.68. The number of carbonyl (C=O) groups is 1. The fourth-order valence-electron chi connectivity index (χ4n) is 2.31. The molecule has 3 aromatic rings. The first-order chi connectivity index (χ1) is 13.0. The van der Waals surface area contributed by atoms with Crippen LogP contribution in [0.1, 0.15) is 18.3 Å². The first-order valence-electron chi connectivity index (χ1n) is 8.32. The molecule has 0 spiro atoms. The summed E-state index contributed by atoms with van der Waals surface area (Å²) in [5.74, 6) is 1.36. The minimum Gasteiger partial charge on any atom is -0.486 e. The van der Waals surface area contributed by atoms with E-state index in [0.29, 0.717) is 23.2 Å². The summed E-state index contributed by atoms with van der Waals surface area (Å²) in [6, 6.07) is 14.8. The monoisotopic (exact) mass is 364 g/mol. The van der Waals surface area contributed by atoms with E-state index >= 15 is 0 Å². The largest absolute Gasteiger partial charge is 0.486 e. The van der Waals surface area contributed by atoms with Crippen molar-refractivity contribution in [1.82, 2.24) is 15.0 Å². The lowest BCUT2D eigenvalue weighted by Crippen LogP contribution is -2.09. The predicted molar refractivity (Wildman–Crippen MR) is 104 cm³/mol. The minimum atomic E-state index is -0.127. The standard InChI is InChI=1S/C19H20N6O2/c1-12-3-5-15(6-4-12)22-19-24-17(23-18(20)25-19)11-27-16-9-7-14(8-10-16)21-13(2)26/h3-10H,11H2,1-2H3,(H,21,26)(H3,20,22,23,24,25). The number of anilines is 4. The Bertz CT molecular complexity index is 926. The summed E-state index contributed by atoms with van der Waals surface area (Å²) in [4.78, 5) is 23.6. The molecular formula is C19H20N6O2. The quantitative estimate of drug-likeness (QED) is 0.616. The first-order valence-corrected chi connectivity index (χ1v) is 8.32. The number of nitrogens with one attached hydrogen (secondary N) is 2. The van der Waals surface area contributed by atoms with E-state index in [-0.39, 0.29) is 18.5 Å². The van der Waals surface area contributed by atoms with Gasteiger partial charge in [-0.2, -0.15) is 15.0 Å². The Labute approximate surface area is 156 Å². The molecule has 8 heteroatoms. The van der Waals surface area contributed by atoms with Gasteiger partial charge in [0.05, 0.1) is 0 Å². The van der Waals surface area contributed by atoms with Crippen LogP contribution >= 0.6 is 0 Å². The topological polar surface area (TPSA) is 115 Å². The van der Waals surface area contributed by atoms with Crippen molar-refractivity contribution in [2.45, 2.75) is 20.5 Å². The van der Waals surface area contributed by atoms with Crippen LogP contribution in [0.25, 0.3) is 0 Å². The first kappa shape index (κ1) is 18.1. The van der Waals surface area contributed by atoms with Crippen LogP contribution in [0.15, 0.2) is 48.5 Å². The fraction of sp³-hybridized carbons (Fsp3) is 0.158. The smallest absolute Gasteiger partial charge is 0.232 e. The summed E-state index contributed by atoms with van der Waals surface area (Å²) in [5.41, 5.74) is 8.49. The zero-order valence-electron chi connectivity index (χ0n) is 15.1. The van der Waals surface area contributed by atoms with Crippen molar-refractivity contribution in [3.05, 3.63) is 59.9 Å². The predicted octanol–water partition coefficient (Wildman–Crippen LogP) is 3.04.